The number of unbranched alkanes of at least 4 members (excludes halogenated alkanes) is 2. The van der Waals surface area contributed by atoms with Crippen LogP contribution in [0.4, 0.5) is 0 Å². The highest BCUT2D eigenvalue weighted by molar-refractivity contribution is 6.04. The summed E-state index contributed by atoms with van der Waals surface area (Å²) >= 11 is 0. The monoisotopic (exact) mass is 348 g/mol. The van der Waals surface area contributed by atoms with Crippen molar-refractivity contribution in [2.75, 3.05) is 6.79 Å². The van der Waals surface area contributed by atoms with Gasteiger partial charge in [0.2, 0.25) is 6.79 Å². The lowest BCUT2D eigenvalue weighted by Crippen LogP contribution is -1.99. The van der Waals surface area contributed by atoms with Gasteiger partial charge in [0, 0.05) is 11.1 Å². The van der Waals surface area contributed by atoms with Crippen molar-refractivity contribution >= 4 is 5.78 Å². The van der Waals surface area contributed by atoms with Crippen molar-refractivity contribution in [2.45, 2.75) is 32.6 Å². The molecule has 0 fully saturated rings. The zero-order valence-electron chi connectivity index (χ0n) is 15.2. The van der Waals surface area contributed by atoms with E-state index < -0.39 is 0 Å². The second kappa shape index (κ2) is 10.8. The normalized spacial score (nSPS) is 9.73. The van der Waals surface area contributed by atoms with Gasteiger partial charge in [0.15, 0.2) is 5.78 Å². The van der Waals surface area contributed by atoms with E-state index in [-0.39, 0.29) is 12.6 Å². The fourth-order valence-corrected chi connectivity index (χ4v) is 2.39. The zero-order valence-corrected chi connectivity index (χ0v) is 15.2. The van der Waals surface area contributed by atoms with Crippen LogP contribution < -0.4 is 4.74 Å². The van der Waals surface area contributed by atoms with Crippen molar-refractivity contribution in [3.8, 4) is 17.8 Å². The number of allylic oxidation sites excluding steroid dienone is 1. The van der Waals surface area contributed by atoms with Gasteiger partial charge in [0.25, 0.3) is 0 Å². The summed E-state index contributed by atoms with van der Waals surface area (Å²) in [4.78, 5) is 11.5. The van der Waals surface area contributed by atoms with Crippen molar-refractivity contribution in [1.82, 2.24) is 0 Å². The van der Waals surface area contributed by atoms with E-state index in [1.54, 1.807) is 24.3 Å². The van der Waals surface area contributed by atoms with Gasteiger partial charge >= 0.3 is 0 Å². The van der Waals surface area contributed by atoms with Gasteiger partial charge in [-0.3, -0.25) is 4.79 Å². The van der Waals surface area contributed by atoms with Crippen LogP contribution in [0.1, 0.15) is 47.7 Å². The van der Waals surface area contributed by atoms with Crippen molar-refractivity contribution in [3.63, 3.8) is 0 Å². The fraction of sp³-hybridized carbons (Fsp3) is 0.261. The molecule has 2 aromatic carbocycles. The van der Waals surface area contributed by atoms with Crippen LogP contribution in [0.3, 0.4) is 0 Å². The van der Waals surface area contributed by atoms with E-state index in [4.69, 9.17) is 9.47 Å². The number of hydrogen-bond acceptors (Lipinski definition) is 3. The molecule has 0 spiro atoms. The molecule has 0 N–H and O–H groups in total. The summed E-state index contributed by atoms with van der Waals surface area (Å²) in [6, 6.07) is 15.0. The Labute approximate surface area is 155 Å². The van der Waals surface area contributed by atoms with Crippen LogP contribution in [0.5, 0.6) is 5.75 Å². The van der Waals surface area contributed by atoms with Gasteiger partial charge in [-0.2, -0.15) is 0 Å². The summed E-state index contributed by atoms with van der Waals surface area (Å²) < 4.78 is 10.7. The highest BCUT2D eigenvalue weighted by Gasteiger charge is 1.99. The first-order valence-electron chi connectivity index (χ1n) is 8.84. The van der Waals surface area contributed by atoms with Crippen LogP contribution in [0.25, 0.3) is 0 Å². The number of benzene rings is 2. The third-order valence-corrected chi connectivity index (χ3v) is 3.90. The maximum atomic E-state index is 11.5. The Hall–Kier alpha value is -2.99. The predicted octanol–water partition coefficient (Wildman–Crippen LogP) is 5.15. The predicted molar refractivity (Wildman–Crippen MR) is 104 cm³/mol. The van der Waals surface area contributed by atoms with Gasteiger partial charge in [-0.1, -0.05) is 38.5 Å². The number of ether oxygens (including phenoxy) is 2. The lowest BCUT2D eigenvalue weighted by Gasteiger charge is -2.05. The molecule has 2 rings (SSSR count). The Bertz CT molecular complexity index is 762. The lowest BCUT2D eigenvalue weighted by molar-refractivity contribution is 0.0947. The standard InChI is InChI=1S/C23H24O3/c1-3-5-6-7-19-10-14-22(15-11-19)26-18-25-17-16-20-8-12-21(13-9-20)23(24)4-2/h4,8-15H,2-3,5-7,18H2,1H3. The number of aryl methyl sites for hydroxylation is 1. The maximum absolute atomic E-state index is 11.5. The number of carbonyl (C=O) groups is 1. The van der Waals surface area contributed by atoms with Crippen molar-refractivity contribution < 1.29 is 14.3 Å². The van der Waals surface area contributed by atoms with E-state index in [9.17, 15) is 4.79 Å². The van der Waals surface area contributed by atoms with Gasteiger partial charge in [0.1, 0.15) is 11.9 Å². The number of hydrogen-bond donors (Lipinski definition) is 0. The summed E-state index contributed by atoms with van der Waals surface area (Å²) in [5.41, 5.74) is 2.68. The molecule has 2 aromatic rings. The van der Waals surface area contributed by atoms with E-state index in [2.05, 4.69) is 37.7 Å². The van der Waals surface area contributed by atoms with Gasteiger partial charge < -0.3 is 9.47 Å². The molecule has 0 atom stereocenters. The summed E-state index contributed by atoms with van der Waals surface area (Å²) in [6.07, 6.45) is 8.71. The van der Waals surface area contributed by atoms with Crippen LogP contribution in [0, 0.1) is 12.0 Å². The minimum atomic E-state index is -0.106. The molecule has 26 heavy (non-hydrogen) atoms. The zero-order chi connectivity index (χ0) is 18.6. The van der Waals surface area contributed by atoms with Crippen molar-refractivity contribution in [1.29, 1.82) is 0 Å². The van der Waals surface area contributed by atoms with E-state index in [0.29, 0.717) is 5.56 Å². The molecule has 0 saturated heterocycles. The first-order valence-corrected chi connectivity index (χ1v) is 8.84. The van der Waals surface area contributed by atoms with Gasteiger partial charge in [-0.25, -0.2) is 0 Å². The molecule has 0 saturated carbocycles. The Kier molecular flexibility index (Phi) is 8.02. The van der Waals surface area contributed by atoms with E-state index in [0.717, 1.165) is 17.7 Å². The summed E-state index contributed by atoms with van der Waals surface area (Å²) in [6.45, 7) is 5.74. The highest BCUT2D eigenvalue weighted by atomic mass is 16.7. The average molecular weight is 348 g/mol. The van der Waals surface area contributed by atoms with Crippen molar-refractivity contribution in [2.24, 2.45) is 0 Å². The Morgan fingerprint density at radius 1 is 1.08 bits per heavy atom. The number of ketones is 1. The second-order valence-corrected chi connectivity index (χ2v) is 5.88. The maximum Gasteiger partial charge on any atom is 0.241 e. The van der Waals surface area contributed by atoms with Crippen LogP contribution in [-0.2, 0) is 11.2 Å². The van der Waals surface area contributed by atoms with E-state index in [1.807, 2.05) is 12.1 Å². The molecule has 0 radical (unpaired) electrons. The van der Waals surface area contributed by atoms with Gasteiger partial charge in [-0.05, 0) is 66.8 Å². The second-order valence-electron chi connectivity index (χ2n) is 5.88. The lowest BCUT2D eigenvalue weighted by atomic mass is 10.1. The SMILES string of the molecule is C=CC(=O)c1ccc(C#COCOc2ccc(CCCCC)cc2)cc1. The summed E-state index contributed by atoms with van der Waals surface area (Å²) in [5, 5.41) is 0. The molecule has 3 nitrogen and oxygen atoms in total. The van der Waals surface area contributed by atoms with Gasteiger partial charge in [-0.15, -0.1) is 0 Å². The topological polar surface area (TPSA) is 35.5 Å². The molecule has 0 heterocycles. The minimum Gasteiger partial charge on any atom is -0.457 e. The Morgan fingerprint density at radius 2 is 1.81 bits per heavy atom. The van der Waals surface area contributed by atoms with Crippen LogP contribution in [0.15, 0.2) is 61.2 Å². The summed E-state index contributed by atoms with van der Waals surface area (Å²) in [5.74, 6) is 3.52. The van der Waals surface area contributed by atoms with Crippen LogP contribution in [-0.4, -0.2) is 12.6 Å². The van der Waals surface area contributed by atoms with Crippen LogP contribution in [0.2, 0.25) is 0 Å². The van der Waals surface area contributed by atoms with E-state index in [1.165, 1.54) is 30.9 Å². The molecule has 0 aliphatic heterocycles. The van der Waals surface area contributed by atoms with Crippen molar-refractivity contribution in [3.05, 3.63) is 77.9 Å². The largest absolute Gasteiger partial charge is 0.457 e. The molecular weight excluding hydrogens is 324 g/mol. The molecular formula is C23H24O3. The average Bonchev–Trinajstić information content (AvgIpc) is 2.69. The third kappa shape index (κ3) is 6.49. The molecule has 3 heteroatoms. The molecule has 0 bridgehead atoms. The summed E-state index contributed by atoms with van der Waals surface area (Å²) in [7, 11) is 0. The quantitative estimate of drug-likeness (QED) is 0.207. The molecule has 0 amide bonds. The molecule has 0 unspecified atom stereocenters. The van der Waals surface area contributed by atoms with E-state index >= 15 is 0 Å². The Balaban J connectivity index is 1.74. The first kappa shape index (κ1) is 19.3. The smallest absolute Gasteiger partial charge is 0.241 e. The number of carbonyl (C=O) groups excluding carboxylic acids is 1. The van der Waals surface area contributed by atoms with Gasteiger partial charge in [0.05, 0.1) is 0 Å². The molecule has 134 valence electrons. The highest BCUT2D eigenvalue weighted by Crippen LogP contribution is 2.14. The Morgan fingerprint density at radius 3 is 2.46 bits per heavy atom. The molecule has 0 aliphatic carbocycles. The minimum absolute atomic E-state index is 0.0647. The fourth-order valence-electron chi connectivity index (χ4n) is 2.39. The first-order chi connectivity index (χ1) is 12.7. The van der Waals surface area contributed by atoms with Crippen LogP contribution >= 0.6 is 0 Å². The molecule has 0 aromatic heterocycles. The third-order valence-electron chi connectivity index (χ3n) is 3.90. The number of rotatable bonds is 9. The molecule has 0 aliphatic rings.